The van der Waals surface area contributed by atoms with Crippen LogP contribution in [-0.2, 0) is 14.4 Å². The maximum Gasteiger partial charge on any atom is 0.244 e. The molecule has 7 nitrogen and oxygen atoms in total. The fourth-order valence-corrected chi connectivity index (χ4v) is 4.23. The molecule has 0 bridgehead atoms. The average molecular weight is 300 g/mol. The molecule has 3 rings (SSSR count). The molecule has 1 aliphatic carbocycles. The molecule has 2 N–H and O–H groups in total. The molecule has 0 aromatic heterocycles. The summed E-state index contributed by atoms with van der Waals surface area (Å²) in [4.78, 5) is 36.3. The quantitative estimate of drug-likeness (QED) is 0.651. The van der Waals surface area contributed by atoms with Crippen molar-refractivity contribution in [2.45, 2.75) is 31.7 Å². The van der Waals surface area contributed by atoms with Gasteiger partial charge in [0.2, 0.25) is 17.7 Å². The Kier molecular flexibility index (Phi) is 3.58. The molecule has 0 aromatic rings. The van der Waals surface area contributed by atoms with Crippen LogP contribution in [0, 0.1) is 52.3 Å². The minimum absolute atomic E-state index is 0.00310. The van der Waals surface area contributed by atoms with Crippen LogP contribution in [-0.4, -0.2) is 23.8 Å². The minimum atomic E-state index is -1.14. The zero-order valence-corrected chi connectivity index (χ0v) is 11.9. The highest BCUT2D eigenvalue weighted by atomic mass is 16.2. The van der Waals surface area contributed by atoms with E-state index in [-0.39, 0.29) is 17.9 Å². The first-order valence-corrected chi connectivity index (χ1v) is 7.52. The van der Waals surface area contributed by atoms with Gasteiger partial charge in [-0.1, -0.05) is 12.8 Å². The van der Waals surface area contributed by atoms with Crippen LogP contribution in [0.5, 0.6) is 0 Å². The molecule has 0 aromatic carbocycles. The summed E-state index contributed by atoms with van der Waals surface area (Å²) in [7, 11) is 0. The molecule has 0 radical (unpaired) electrons. The summed E-state index contributed by atoms with van der Waals surface area (Å²) < 4.78 is 0. The second kappa shape index (κ2) is 5.42. The van der Waals surface area contributed by atoms with Gasteiger partial charge in [0, 0.05) is 17.9 Å². The van der Waals surface area contributed by atoms with E-state index in [9.17, 15) is 24.9 Å². The Hall–Kier alpha value is -2.41. The maximum absolute atomic E-state index is 12.4. The van der Waals surface area contributed by atoms with Gasteiger partial charge >= 0.3 is 0 Å². The number of nitrogens with zero attached hydrogens (tertiary/aromatic N) is 2. The number of rotatable bonds is 1. The molecule has 1 saturated carbocycles. The summed E-state index contributed by atoms with van der Waals surface area (Å²) in [5.74, 6) is -5.38. The summed E-state index contributed by atoms with van der Waals surface area (Å²) in [5, 5.41) is 23.6. The van der Waals surface area contributed by atoms with Crippen molar-refractivity contribution >= 4 is 17.7 Å². The van der Waals surface area contributed by atoms with Crippen LogP contribution >= 0.6 is 0 Å². The van der Waals surface area contributed by atoms with Crippen molar-refractivity contribution in [3.8, 4) is 12.1 Å². The SMILES string of the molecule is N#CC1C(=O)NC(=O)C(C#N)C1C1C(=O)NC2CCCCC21. The minimum Gasteiger partial charge on any atom is -0.353 e. The van der Waals surface area contributed by atoms with Crippen LogP contribution < -0.4 is 10.6 Å². The third-order valence-corrected chi connectivity index (χ3v) is 5.19. The lowest BCUT2D eigenvalue weighted by Gasteiger charge is -2.36. The number of hydrogen-bond acceptors (Lipinski definition) is 5. The Balaban J connectivity index is 2.00. The van der Waals surface area contributed by atoms with E-state index >= 15 is 0 Å². The molecular weight excluding hydrogens is 284 g/mol. The highest BCUT2D eigenvalue weighted by Crippen LogP contribution is 2.44. The van der Waals surface area contributed by atoms with Gasteiger partial charge in [-0.3, -0.25) is 19.7 Å². The Morgan fingerprint density at radius 3 is 2.09 bits per heavy atom. The Labute approximate surface area is 127 Å². The molecular formula is C15H16N4O3. The molecule has 5 atom stereocenters. The first kappa shape index (κ1) is 14.5. The first-order chi connectivity index (χ1) is 10.6. The van der Waals surface area contributed by atoms with E-state index < -0.39 is 35.5 Å². The number of imide groups is 1. The zero-order valence-electron chi connectivity index (χ0n) is 11.9. The maximum atomic E-state index is 12.4. The molecule has 3 aliphatic rings. The Bertz CT molecular complexity index is 585. The van der Waals surface area contributed by atoms with E-state index in [0.29, 0.717) is 0 Å². The van der Waals surface area contributed by atoms with Crippen molar-refractivity contribution in [1.29, 1.82) is 10.5 Å². The van der Waals surface area contributed by atoms with Gasteiger partial charge in [-0.15, -0.1) is 0 Å². The summed E-state index contributed by atoms with van der Waals surface area (Å²) in [6, 6.07) is 3.80. The number of nitrogens with one attached hydrogen (secondary N) is 2. The van der Waals surface area contributed by atoms with Crippen molar-refractivity contribution in [2.24, 2.45) is 29.6 Å². The van der Waals surface area contributed by atoms with Crippen molar-refractivity contribution in [1.82, 2.24) is 10.6 Å². The summed E-state index contributed by atoms with van der Waals surface area (Å²) in [5.41, 5.74) is 0. The second-order valence-corrected chi connectivity index (χ2v) is 6.23. The highest BCUT2D eigenvalue weighted by Gasteiger charge is 2.56. The van der Waals surface area contributed by atoms with E-state index in [1.54, 1.807) is 0 Å². The Morgan fingerprint density at radius 1 is 0.909 bits per heavy atom. The van der Waals surface area contributed by atoms with Gasteiger partial charge in [0.15, 0.2) is 0 Å². The van der Waals surface area contributed by atoms with E-state index in [0.717, 1.165) is 25.7 Å². The molecule has 2 saturated heterocycles. The Morgan fingerprint density at radius 2 is 1.50 bits per heavy atom. The van der Waals surface area contributed by atoms with Crippen LogP contribution in [0.3, 0.4) is 0 Å². The standard InChI is InChI=1S/C15H16N4O3/c16-5-8-11(9(6-17)14(21)19-13(8)20)12-7-3-1-2-4-10(7)18-15(12)22/h7-12H,1-4H2,(H,18,22)(H,19,20,21). The fraction of sp³-hybridized carbons (Fsp3) is 0.667. The average Bonchev–Trinajstić information content (AvgIpc) is 2.82. The van der Waals surface area contributed by atoms with Crippen molar-refractivity contribution in [3.05, 3.63) is 0 Å². The third kappa shape index (κ3) is 2.05. The molecule has 0 spiro atoms. The number of hydrogen-bond donors (Lipinski definition) is 2. The highest BCUT2D eigenvalue weighted by molar-refractivity contribution is 6.03. The lowest BCUT2D eigenvalue weighted by molar-refractivity contribution is -0.143. The molecule has 2 aliphatic heterocycles. The predicted octanol–water partition coefficient (Wildman–Crippen LogP) is -0.157. The first-order valence-electron chi connectivity index (χ1n) is 7.52. The number of carbonyl (C=O) groups is 3. The molecule has 7 heteroatoms. The number of carbonyl (C=O) groups excluding carboxylic acids is 3. The molecule has 114 valence electrons. The normalized spacial score (nSPS) is 40.9. The van der Waals surface area contributed by atoms with Crippen LogP contribution in [0.2, 0.25) is 0 Å². The van der Waals surface area contributed by atoms with Gasteiger partial charge < -0.3 is 5.32 Å². The lowest BCUT2D eigenvalue weighted by Crippen LogP contribution is -2.54. The van der Waals surface area contributed by atoms with E-state index in [4.69, 9.17) is 0 Å². The smallest absolute Gasteiger partial charge is 0.244 e. The van der Waals surface area contributed by atoms with E-state index in [1.165, 1.54) is 0 Å². The van der Waals surface area contributed by atoms with Crippen molar-refractivity contribution in [3.63, 3.8) is 0 Å². The molecule has 5 unspecified atom stereocenters. The van der Waals surface area contributed by atoms with E-state index in [2.05, 4.69) is 10.6 Å². The van der Waals surface area contributed by atoms with Crippen LogP contribution in [0.15, 0.2) is 0 Å². The van der Waals surface area contributed by atoms with Gasteiger partial charge in [0.1, 0.15) is 11.8 Å². The summed E-state index contributed by atoms with van der Waals surface area (Å²) in [6.45, 7) is 0. The summed E-state index contributed by atoms with van der Waals surface area (Å²) >= 11 is 0. The lowest BCUT2D eigenvalue weighted by atomic mass is 9.65. The molecule has 22 heavy (non-hydrogen) atoms. The van der Waals surface area contributed by atoms with Gasteiger partial charge in [-0.05, 0) is 18.8 Å². The predicted molar refractivity (Wildman–Crippen MR) is 72.2 cm³/mol. The topological polar surface area (TPSA) is 123 Å². The molecule has 2 heterocycles. The van der Waals surface area contributed by atoms with Crippen LogP contribution in [0.4, 0.5) is 0 Å². The second-order valence-electron chi connectivity index (χ2n) is 6.23. The van der Waals surface area contributed by atoms with Crippen LogP contribution in [0.25, 0.3) is 0 Å². The summed E-state index contributed by atoms with van der Waals surface area (Å²) in [6.07, 6.45) is 3.69. The van der Waals surface area contributed by atoms with E-state index in [1.807, 2.05) is 12.1 Å². The van der Waals surface area contributed by atoms with Crippen molar-refractivity contribution in [2.75, 3.05) is 0 Å². The van der Waals surface area contributed by atoms with Crippen molar-refractivity contribution < 1.29 is 14.4 Å². The zero-order chi connectivity index (χ0) is 15.9. The van der Waals surface area contributed by atoms with Gasteiger partial charge in [-0.25, -0.2) is 0 Å². The number of amides is 3. The van der Waals surface area contributed by atoms with Gasteiger partial charge in [-0.2, -0.15) is 10.5 Å². The number of piperidine rings is 1. The molecule has 3 amide bonds. The van der Waals surface area contributed by atoms with Gasteiger partial charge in [0.25, 0.3) is 0 Å². The number of fused-ring (bicyclic) bond motifs is 1. The van der Waals surface area contributed by atoms with Crippen LogP contribution in [0.1, 0.15) is 25.7 Å². The monoisotopic (exact) mass is 300 g/mol. The third-order valence-electron chi connectivity index (χ3n) is 5.19. The largest absolute Gasteiger partial charge is 0.353 e. The number of nitriles is 2. The van der Waals surface area contributed by atoms with Gasteiger partial charge in [0.05, 0.1) is 12.1 Å². The molecule has 3 fully saturated rings. The fourth-order valence-electron chi connectivity index (χ4n) is 4.23.